The monoisotopic (exact) mass is 265 g/mol. The predicted octanol–water partition coefficient (Wildman–Crippen LogP) is 1.93. The second kappa shape index (κ2) is 6.68. The molecule has 0 spiro atoms. The van der Waals surface area contributed by atoms with Gasteiger partial charge in [0.05, 0.1) is 13.7 Å². The molecule has 19 heavy (non-hydrogen) atoms. The van der Waals surface area contributed by atoms with Crippen molar-refractivity contribution in [2.45, 2.75) is 26.3 Å². The van der Waals surface area contributed by atoms with Crippen LogP contribution in [0.2, 0.25) is 0 Å². The smallest absolute Gasteiger partial charge is 0.330 e. The van der Waals surface area contributed by atoms with E-state index in [1.165, 1.54) is 7.11 Å². The van der Waals surface area contributed by atoms with Gasteiger partial charge in [0.2, 0.25) is 0 Å². The van der Waals surface area contributed by atoms with Crippen molar-refractivity contribution in [1.29, 1.82) is 0 Å². The SMILES string of the molecule is COCCNC(C)(C(=O)OC)c1cc(C)cc(C)c1. The number of carbonyl (C=O) groups is 1. The molecule has 106 valence electrons. The number of carbonyl (C=O) groups excluding carboxylic acids is 1. The molecule has 0 bridgehead atoms. The molecule has 1 N–H and O–H groups in total. The lowest BCUT2D eigenvalue weighted by molar-refractivity contribution is -0.148. The molecule has 0 heterocycles. The number of benzene rings is 1. The first-order chi connectivity index (χ1) is 8.93. The van der Waals surface area contributed by atoms with Crippen molar-refractivity contribution < 1.29 is 14.3 Å². The molecule has 0 aliphatic rings. The summed E-state index contributed by atoms with van der Waals surface area (Å²) < 4.78 is 9.96. The van der Waals surface area contributed by atoms with Crippen LogP contribution in [0.5, 0.6) is 0 Å². The van der Waals surface area contributed by atoms with E-state index in [4.69, 9.17) is 9.47 Å². The van der Waals surface area contributed by atoms with Crippen molar-refractivity contribution >= 4 is 5.97 Å². The minimum Gasteiger partial charge on any atom is -0.467 e. The fourth-order valence-electron chi connectivity index (χ4n) is 2.16. The zero-order chi connectivity index (χ0) is 14.5. The molecule has 0 aromatic heterocycles. The zero-order valence-corrected chi connectivity index (χ0v) is 12.4. The van der Waals surface area contributed by atoms with E-state index in [0.717, 1.165) is 16.7 Å². The maximum atomic E-state index is 12.1. The van der Waals surface area contributed by atoms with Gasteiger partial charge in [0.1, 0.15) is 5.54 Å². The van der Waals surface area contributed by atoms with Crippen LogP contribution in [0, 0.1) is 13.8 Å². The van der Waals surface area contributed by atoms with Crippen LogP contribution >= 0.6 is 0 Å². The number of ether oxygens (including phenoxy) is 2. The number of aryl methyl sites for hydroxylation is 2. The first-order valence-electron chi connectivity index (χ1n) is 6.35. The van der Waals surface area contributed by atoms with Crippen LogP contribution in [-0.4, -0.2) is 33.3 Å². The number of esters is 1. The molecule has 1 atom stereocenters. The van der Waals surface area contributed by atoms with Crippen molar-refractivity contribution in [3.8, 4) is 0 Å². The predicted molar refractivity (Wildman–Crippen MR) is 75.2 cm³/mol. The summed E-state index contributed by atoms with van der Waals surface area (Å²) in [5, 5.41) is 3.22. The molecule has 0 saturated heterocycles. The molecule has 0 radical (unpaired) electrons. The van der Waals surface area contributed by atoms with Gasteiger partial charge in [-0.3, -0.25) is 5.32 Å². The highest BCUT2D eigenvalue weighted by molar-refractivity contribution is 5.82. The maximum Gasteiger partial charge on any atom is 0.330 e. The Bertz CT molecular complexity index is 425. The first-order valence-corrected chi connectivity index (χ1v) is 6.35. The van der Waals surface area contributed by atoms with Gasteiger partial charge in [-0.2, -0.15) is 0 Å². The lowest BCUT2D eigenvalue weighted by atomic mass is 9.89. The summed E-state index contributed by atoms with van der Waals surface area (Å²) in [6.45, 7) is 6.99. The number of rotatable bonds is 6. The van der Waals surface area contributed by atoms with Crippen molar-refractivity contribution in [3.05, 3.63) is 34.9 Å². The van der Waals surface area contributed by atoms with Gasteiger partial charge in [0, 0.05) is 13.7 Å². The Labute approximate surface area is 115 Å². The van der Waals surface area contributed by atoms with Crippen LogP contribution in [0.1, 0.15) is 23.6 Å². The van der Waals surface area contributed by atoms with E-state index in [0.29, 0.717) is 13.2 Å². The van der Waals surface area contributed by atoms with Gasteiger partial charge in [-0.25, -0.2) is 4.79 Å². The molecule has 0 amide bonds. The molecule has 4 nitrogen and oxygen atoms in total. The van der Waals surface area contributed by atoms with Crippen LogP contribution in [0.25, 0.3) is 0 Å². The number of hydrogen-bond acceptors (Lipinski definition) is 4. The van der Waals surface area contributed by atoms with Gasteiger partial charge in [-0.05, 0) is 26.3 Å². The average Bonchev–Trinajstić information content (AvgIpc) is 2.36. The summed E-state index contributed by atoms with van der Waals surface area (Å²) in [6, 6.07) is 6.09. The van der Waals surface area contributed by atoms with Crippen LogP contribution < -0.4 is 5.32 Å². The maximum absolute atomic E-state index is 12.1. The number of hydrogen-bond donors (Lipinski definition) is 1. The fourth-order valence-corrected chi connectivity index (χ4v) is 2.16. The minimum atomic E-state index is -0.857. The summed E-state index contributed by atoms with van der Waals surface area (Å²) >= 11 is 0. The van der Waals surface area contributed by atoms with Gasteiger partial charge >= 0.3 is 5.97 Å². The first kappa shape index (κ1) is 15.7. The van der Waals surface area contributed by atoms with E-state index in [1.54, 1.807) is 7.11 Å². The lowest BCUT2D eigenvalue weighted by Gasteiger charge is -2.29. The van der Waals surface area contributed by atoms with Gasteiger partial charge in [-0.15, -0.1) is 0 Å². The van der Waals surface area contributed by atoms with E-state index in [1.807, 2.05) is 32.9 Å². The molecule has 1 unspecified atom stereocenters. The second-order valence-electron chi connectivity index (χ2n) is 4.91. The Morgan fingerprint density at radius 1 is 1.21 bits per heavy atom. The molecule has 1 aromatic rings. The van der Waals surface area contributed by atoms with E-state index in [9.17, 15) is 4.79 Å². The topological polar surface area (TPSA) is 47.6 Å². The Morgan fingerprint density at radius 2 is 1.79 bits per heavy atom. The van der Waals surface area contributed by atoms with Crippen LogP contribution in [0.3, 0.4) is 0 Å². The number of nitrogens with one attached hydrogen (secondary N) is 1. The number of methoxy groups -OCH3 is 2. The minimum absolute atomic E-state index is 0.298. The molecular weight excluding hydrogens is 242 g/mol. The summed E-state index contributed by atoms with van der Waals surface area (Å²) in [6.07, 6.45) is 0. The quantitative estimate of drug-likeness (QED) is 0.630. The van der Waals surface area contributed by atoms with Gasteiger partial charge in [0.15, 0.2) is 0 Å². The molecule has 1 aromatic carbocycles. The van der Waals surface area contributed by atoms with Crippen molar-refractivity contribution in [2.24, 2.45) is 0 Å². The van der Waals surface area contributed by atoms with E-state index < -0.39 is 5.54 Å². The highest BCUT2D eigenvalue weighted by atomic mass is 16.5. The molecule has 0 fully saturated rings. The molecule has 4 heteroatoms. The van der Waals surface area contributed by atoms with E-state index in [-0.39, 0.29) is 5.97 Å². The molecule has 1 rings (SSSR count). The van der Waals surface area contributed by atoms with Crippen molar-refractivity contribution in [3.63, 3.8) is 0 Å². The Hall–Kier alpha value is -1.39. The Kier molecular flexibility index (Phi) is 5.51. The van der Waals surface area contributed by atoms with Crippen molar-refractivity contribution in [1.82, 2.24) is 5.32 Å². The third-order valence-electron chi connectivity index (χ3n) is 3.18. The summed E-state index contributed by atoms with van der Waals surface area (Å²) in [5.74, 6) is -0.298. The van der Waals surface area contributed by atoms with Gasteiger partial charge < -0.3 is 9.47 Å². The van der Waals surface area contributed by atoms with Crippen molar-refractivity contribution in [2.75, 3.05) is 27.4 Å². The average molecular weight is 265 g/mol. The third-order valence-corrected chi connectivity index (χ3v) is 3.18. The Morgan fingerprint density at radius 3 is 2.26 bits per heavy atom. The van der Waals surface area contributed by atoms with E-state index >= 15 is 0 Å². The van der Waals surface area contributed by atoms with Crippen LogP contribution in [0.4, 0.5) is 0 Å². The van der Waals surface area contributed by atoms with E-state index in [2.05, 4.69) is 11.4 Å². The van der Waals surface area contributed by atoms with Crippen LogP contribution in [-0.2, 0) is 19.8 Å². The zero-order valence-electron chi connectivity index (χ0n) is 12.4. The fraction of sp³-hybridized carbons (Fsp3) is 0.533. The highest BCUT2D eigenvalue weighted by Crippen LogP contribution is 2.24. The van der Waals surface area contributed by atoms with Crippen LogP contribution in [0.15, 0.2) is 18.2 Å². The third kappa shape index (κ3) is 3.78. The second-order valence-corrected chi connectivity index (χ2v) is 4.91. The summed E-state index contributed by atoms with van der Waals surface area (Å²) in [4.78, 5) is 12.1. The largest absolute Gasteiger partial charge is 0.467 e. The standard InChI is InChI=1S/C15H23NO3/c1-11-8-12(2)10-13(9-11)15(3,14(17)19-5)16-6-7-18-4/h8-10,16H,6-7H2,1-5H3. The van der Waals surface area contributed by atoms with Gasteiger partial charge in [0.25, 0.3) is 0 Å². The normalized spacial score (nSPS) is 13.9. The molecule has 0 aliphatic carbocycles. The molecule has 0 saturated carbocycles. The lowest BCUT2D eigenvalue weighted by Crippen LogP contribution is -2.48. The summed E-state index contributed by atoms with van der Waals surface area (Å²) in [7, 11) is 3.04. The summed E-state index contributed by atoms with van der Waals surface area (Å²) in [5.41, 5.74) is 2.30. The highest BCUT2D eigenvalue weighted by Gasteiger charge is 2.36. The van der Waals surface area contributed by atoms with Gasteiger partial charge in [-0.1, -0.05) is 29.3 Å². The molecule has 0 aliphatic heterocycles. The molecular formula is C15H23NO3. The Balaban J connectivity index is 3.11.